The maximum atomic E-state index is 11.2. The minimum Gasteiger partial charge on any atom is -0.364 e. The molecule has 0 aliphatic carbocycles. The molecule has 3 N–H and O–H groups in total. The molecule has 0 saturated carbocycles. The molecule has 0 saturated heterocycles. The second-order valence-corrected chi connectivity index (χ2v) is 4.24. The van der Waals surface area contributed by atoms with E-state index in [1.807, 2.05) is 0 Å². The van der Waals surface area contributed by atoms with E-state index in [0.717, 1.165) is 0 Å². The van der Waals surface area contributed by atoms with Crippen molar-refractivity contribution >= 4 is 10.0 Å². The van der Waals surface area contributed by atoms with Gasteiger partial charge in [0.25, 0.3) is 0 Å². The Kier molecular flexibility index (Phi) is 3.40. The zero-order valence-corrected chi connectivity index (χ0v) is 7.75. The summed E-state index contributed by atoms with van der Waals surface area (Å²) in [4.78, 5) is 0. The summed E-state index contributed by atoms with van der Waals surface area (Å²) in [7, 11) is -3.32. The summed E-state index contributed by atoms with van der Waals surface area (Å²) >= 11 is 0. The quantitative estimate of drug-likeness (QED) is 0.646. The number of hydrogen-bond donors (Lipinski definition) is 2. The van der Waals surface area contributed by atoms with Gasteiger partial charge in [0.05, 0.1) is 5.69 Å². The molecule has 1 aromatic rings. The summed E-state index contributed by atoms with van der Waals surface area (Å²) in [6.45, 7) is 0.512. The molecule has 0 aliphatic heterocycles. The highest BCUT2D eigenvalue weighted by Gasteiger charge is 2.11. The third-order valence-corrected chi connectivity index (χ3v) is 2.62. The molecule has 0 aliphatic rings. The zero-order chi connectivity index (χ0) is 9.73. The molecule has 0 amide bonds. The number of rotatable bonds is 5. The number of nitrogens with zero attached hydrogens (tertiary/aromatic N) is 1. The standard InChI is InChI=1S/C6H11N3O3S/c7-2-3-8-13(10,11)5-6-1-4-12-9-6/h1,4,8H,2-3,5,7H2. The fourth-order valence-corrected chi connectivity index (χ4v) is 1.84. The molecule has 1 heterocycles. The smallest absolute Gasteiger partial charge is 0.217 e. The second kappa shape index (κ2) is 4.35. The van der Waals surface area contributed by atoms with Gasteiger partial charge in [-0.25, -0.2) is 13.1 Å². The highest BCUT2D eigenvalue weighted by Crippen LogP contribution is 2.00. The van der Waals surface area contributed by atoms with Crippen LogP contribution in [0.3, 0.4) is 0 Å². The summed E-state index contributed by atoms with van der Waals surface area (Å²) in [5, 5.41) is 3.48. The monoisotopic (exact) mass is 205 g/mol. The van der Waals surface area contributed by atoms with Crippen molar-refractivity contribution in [3.05, 3.63) is 18.0 Å². The van der Waals surface area contributed by atoms with Crippen LogP contribution in [0.2, 0.25) is 0 Å². The van der Waals surface area contributed by atoms with E-state index in [4.69, 9.17) is 5.73 Å². The average Bonchev–Trinajstić information content (AvgIpc) is 2.52. The third kappa shape index (κ3) is 3.53. The fraction of sp³-hybridized carbons (Fsp3) is 0.500. The number of nitrogens with two attached hydrogens (primary N) is 1. The van der Waals surface area contributed by atoms with Crippen molar-refractivity contribution in [3.63, 3.8) is 0 Å². The zero-order valence-electron chi connectivity index (χ0n) is 6.93. The van der Waals surface area contributed by atoms with Crippen molar-refractivity contribution in [2.75, 3.05) is 13.1 Å². The SMILES string of the molecule is NCCNS(=O)(=O)Cc1ccon1. The van der Waals surface area contributed by atoms with E-state index in [0.29, 0.717) is 5.69 Å². The fourth-order valence-electron chi connectivity index (χ4n) is 0.772. The Morgan fingerprint density at radius 3 is 2.92 bits per heavy atom. The van der Waals surface area contributed by atoms with Gasteiger partial charge in [-0.1, -0.05) is 5.16 Å². The van der Waals surface area contributed by atoms with E-state index in [-0.39, 0.29) is 18.8 Å². The Morgan fingerprint density at radius 2 is 2.38 bits per heavy atom. The van der Waals surface area contributed by atoms with Gasteiger partial charge in [-0.2, -0.15) is 0 Å². The summed E-state index contributed by atoms with van der Waals surface area (Å²) < 4.78 is 29.2. The summed E-state index contributed by atoms with van der Waals surface area (Å²) in [6, 6.07) is 1.50. The molecule has 0 bridgehead atoms. The first-order valence-corrected chi connectivity index (χ1v) is 5.36. The molecule has 1 rings (SSSR count). The van der Waals surface area contributed by atoms with E-state index >= 15 is 0 Å². The van der Waals surface area contributed by atoms with E-state index in [9.17, 15) is 8.42 Å². The molecule has 0 fully saturated rings. The van der Waals surface area contributed by atoms with Crippen LogP contribution in [0.5, 0.6) is 0 Å². The minimum atomic E-state index is -3.32. The molecule has 13 heavy (non-hydrogen) atoms. The van der Waals surface area contributed by atoms with Crippen LogP contribution in [-0.2, 0) is 15.8 Å². The normalized spacial score (nSPS) is 11.8. The highest BCUT2D eigenvalue weighted by molar-refractivity contribution is 7.88. The molecule has 0 radical (unpaired) electrons. The number of aromatic nitrogens is 1. The van der Waals surface area contributed by atoms with Crippen molar-refractivity contribution < 1.29 is 12.9 Å². The largest absolute Gasteiger partial charge is 0.364 e. The molecule has 0 unspecified atom stereocenters. The first-order valence-electron chi connectivity index (χ1n) is 3.71. The van der Waals surface area contributed by atoms with Gasteiger partial charge in [0.15, 0.2) is 0 Å². The van der Waals surface area contributed by atoms with Crippen LogP contribution in [0.25, 0.3) is 0 Å². The van der Waals surface area contributed by atoms with E-state index in [1.165, 1.54) is 12.3 Å². The Bertz CT molecular complexity index is 332. The molecule has 0 aromatic carbocycles. The van der Waals surface area contributed by atoms with Crippen molar-refractivity contribution in [2.24, 2.45) is 5.73 Å². The lowest BCUT2D eigenvalue weighted by atomic mass is 10.5. The molecular formula is C6H11N3O3S. The Morgan fingerprint density at radius 1 is 1.62 bits per heavy atom. The minimum absolute atomic E-state index is 0.177. The average molecular weight is 205 g/mol. The Labute approximate surface area is 76.1 Å². The van der Waals surface area contributed by atoms with E-state index < -0.39 is 10.0 Å². The van der Waals surface area contributed by atoms with Gasteiger partial charge in [0.1, 0.15) is 12.0 Å². The lowest BCUT2D eigenvalue weighted by molar-refractivity contribution is 0.413. The van der Waals surface area contributed by atoms with E-state index in [2.05, 4.69) is 14.4 Å². The molecular weight excluding hydrogens is 194 g/mol. The molecule has 1 aromatic heterocycles. The topological polar surface area (TPSA) is 98.2 Å². The van der Waals surface area contributed by atoms with Crippen LogP contribution < -0.4 is 10.5 Å². The Balaban J connectivity index is 2.53. The first kappa shape index (κ1) is 10.2. The van der Waals surface area contributed by atoms with Crippen LogP contribution in [0.15, 0.2) is 16.9 Å². The molecule has 0 atom stereocenters. The molecule has 74 valence electrons. The van der Waals surface area contributed by atoms with Crippen molar-refractivity contribution in [3.8, 4) is 0 Å². The summed E-state index contributed by atoms with van der Waals surface area (Å²) in [6.07, 6.45) is 1.33. The van der Waals surface area contributed by atoms with Gasteiger partial charge in [0, 0.05) is 19.2 Å². The van der Waals surface area contributed by atoms with Gasteiger partial charge in [-0.15, -0.1) is 0 Å². The predicted molar refractivity (Wildman–Crippen MR) is 46.2 cm³/mol. The van der Waals surface area contributed by atoms with Gasteiger partial charge >= 0.3 is 0 Å². The first-order chi connectivity index (χ1) is 6.14. The van der Waals surface area contributed by atoms with Gasteiger partial charge in [-0.05, 0) is 0 Å². The van der Waals surface area contributed by atoms with Crippen LogP contribution in [0.1, 0.15) is 5.69 Å². The Hall–Kier alpha value is -0.920. The van der Waals surface area contributed by atoms with Gasteiger partial charge < -0.3 is 10.3 Å². The highest BCUT2D eigenvalue weighted by atomic mass is 32.2. The number of hydrogen-bond acceptors (Lipinski definition) is 5. The van der Waals surface area contributed by atoms with Gasteiger partial charge in [-0.3, -0.25) is 0 Å². The molecule has 6 nitrogen and oxygen atoms in total. The molecule has 0 spiro atoms. The lowest BCUT2D eigenvalue weighted by Gasteiger charge is -2.01. The maximum Gasteiger partial charge on any atom is 0.217 e. The van der Waals surface area contributed by atoms with E-state index in [1.54, 1.807) is 0 Å². The number of nitrogens with one attached hydrogen (secondary N) is 1. The summed E-state index contributed by atoms with van der Waals surface area (Å²) in [5.41, 5.74) is 5.53. The second-order valence-electron chi connectivity index (χ2n) is 2.43. The van der Waals surface area contributed by atoms with Crippen LogP contribution in [-0.4, -0.2) is 26.7 Å². The van der Waals surface area contributed by atoms with Crippen LogP contribution in [0, 0.1) is 0 Å². The van der Waals surface area contributed by atoms with Gasteiger partial charge in [0.2, 0.25) is 10.0 Å². The van der Waals surface area contributed by atoms with Crippen molar-refractivity contribution in [1.29, 1.82) is 0 Å². The lowest BCUT2D eigenvalue weighted by Crippen LogP contribution is -2.30. The van der Waals surface area contributed by atoms with Crippen LogP contribution in [0.4, 0.5) is 0 Å². The van der Waals surface area contributed by atoms with Crippen molar-refractivity contribution in [2.45, 2.75) is 5.75 Å². The third-order valence-electron chi connectivity index (χ3n) is 1.30. The van der Waals surface area contributed by atoms with Crippen LogP contribution >= 0.6 is 0 Å². The predicted octanol–water partition coefficient (Wildman–Crippen LogP) is -0.947. The maximum absolute atomic E-state index is 11.2. The molecule has 7 heteroatoms. The van der Waals surface area contributed by atoms with Crippen molar-refractivity contribution in [1.82, 2.24) is 9.88 Å². The summed E-state index contributed by atoms with van der Waals surface area (Å²) in [5.74, 6) is -0.177. The number of sulfonamides is 1.